The van der Waals surface area contributed by atoms with Crippen LogP contribution in [0.2, 0.25) is 0 Å². The molecular weight excluding hydrogens is 323 g/mol. The van der Waals surface area contributed by atoms with Crippen LogP contribution in [0.25, 0.3) is 0 Å². The van der Waals surface area contributed by atoms with Crippen LogP contribution >= 0.6 is 22.6 Å². The van der Waals surface area contributed by atoms with Gasteiger partial charge in [-0.2, -0.15) is 0 Å². The van der Waals surface area contributed by atoms with Gasteiger partial charge in [-0.25, -0.2) is 8.78 Å². The summed E-state index contributed by atoms with van der Waals surface area (Å²) in [6.45, 7) is -0.253. The molecule has 1 aromatic rings. The molecule has 5 nitrogen and oxygen atoms in total. The molecule has 0 atom stereocenters. The highest BCUT2D eigenvalue weighted by molar-refractivity contribution is 14.1. The van der Waals surface area contributed by atoms with E-state index in [0.29, 0.717) is 0 Å². The van der Waals surface area contributed by atoms with Gasteiger partial charge in [0.15, 0.2) is 0 Å². The first-order valence-corrected chi connectivity index (χ1v) is 4.86. The Morgan fingerprint density at radius 3 is 2.67 bits per heavy atom. The average Bonchev–Trinajstić information content (AvgIpc) is 2.16. The van der Waals surface area contributed by atoms with Gasteiger partial charge in [-0.05, 0) is 22.6 Å². The van der Waals surface area contributed by atoms with Gasteiger partial charge in [-0.1, -0.05) is 0 Å². The summed E-state index contributed by atoms with van der Waals surface area (Å²) in [7, 11) is 0. The van der Waals surface area contributed by atoms with Crippen molar-refractivity contribution in [3.05, 3.63) is 31.1 Å². The van der Waals surface area contributed by atoms with Crippen molar-refractivity contribution in [1.82, 2.24) is 4.98 Å². The Balaban J connectivity index is 3.51. The minimum atomic E-state index is -2.95. The summed E-state index contributed by atoms with van der Waals surface area (Å²) in [4.78, 5) is 13.4. The molecule has 0 unspecified atom stereocenters. The number of pyridine rings is 1. The van der Waals surface area contributed by atoms with Gasteiger partial charge in [-0.15, -0.1) is 0 Å². The van der Waals surface area contributed by atoms with Gasteiger partial charge in [0.2, 0.25) is 0 Å². The molecule has 0 aliphatic heterocycles. The number of nitrogens with two attached hydrogens (primary N) is 1. The van der Waals surface area contributed by atoms with Crippen LogP contribution in [-0.2, 0) is 6.54 Å². The van der Waals surface area contributed by atoms with E-state index in [2.05, 4.69) is 4.98 Å². The van der Waals surface area contributed by atoms with Crippen molar-refractivity contribution in [1.29, 1.82) is 0 Å². The number of nitro groups is 1. The predicted molar refractivity (Wildman–Crippen MR) is 56.5 cm³/mol. The first kappa shape index (κ1) is 12.2. The molecule has 0 aliphatic rings. The monoisotopic (exact) mass is 329 g/mol. The number of alkyl halides is 2. The van der Waals surface area contributed by atoms with Gasteiger partial charge in [0.05, 0.1) is 10.6 Å². The molecule has 0 spiro atoms. The summed E-state index contributed by atoms with van der Waals surface area (Å²) in [6, 6.07) is 0. The van der Waals surface area contributed by atoms with Gasteiger partial charge in [0.25, 0.3) is 12.1 Å². The van der Waals surface area contributed by atoms with Gasteiger partial charge >= 0.3 is 0 Å². The fourth-order valence-electron chi connectivity index (χ4n) is 1.11. The first-order valence-electron chi connectivity index (χ1n) is 3.79. The van der Waals surface area contributed by atoms with Crippen LogP contribution in [0.4, 0.5) is 14.5 Å². The highest BCUT2D eigenvalue weighted by Crippen LogP contribution is 2.34. The molecule has 1 aromatic heterocycles. The van der Waals surface area contributed by atoms with Crippen molar-refractivity contribution in [3.8, 4) is 0 Å². The van der Waals surface area contributed by atoms with Gasteiger partial charge in [-0.3, -0.25) is 15.1 Å². The summed E-state index contributed by atoms with van der Waals surface area (Å²) in [5.74, 6) is 0. The number of hydrogen-bond donors (Lipinski definition) is 1. The lowest BCUT2D eigenvalue weighted by molar-refractivity contribution is -0.387. The molecule has 2 N–H and O–H groups in total. The molecular formula is C7H6F2IN3O2. The van der Waals surface area contributed by atoms with Crippen molar-refractivity contribution in [2.45, 2.75) is 13.0 Å². The van der Waals surface area contributed by atoms with E-state index in [1.165, 1.54) is 0 Å². The van der Waals surface area contributed by atoms with E-state index in [1.54, 1.807) is 22.6 Å². The van der Waals surface area contributed by atoms with E-state index in [0.717, 1.165) is 6.20 Å². The zero-order chi connectivity index (χ0) is 11.6. The second-order valence-electron chi connectivity index (χ2n) is 2.58. The Kier molecular flexibility index (Phi) is 3.85. The first-order chi connectivity index (χ1) is 6.99. The number of nitrogens with zero attached hydrogens (tertiary/aromatic N) is 2. The van der Waals surface area contributed by atoms with Gasteiger partial charge < -0.3 is 5.73 Å². The largest absolute Gasteiger partial charge is 0.325 e. The van der Waals surface area contributed by atoms with Crippen molar-refractivity contribution in [2.24, 2.45) is 5.73 Å². The quantitative estimate of drug-likeness (QED) is 0.522. The molecule has 0 saturated heterocycles. The summed E-state index contributed by atoms with van der Waals surface area (Å²) >= 11 is 1.59. The zero-order valence-electron chi connectivity index (χ0n) is 7.28. The fourth-order valence-corrected chi connectivity index (χ4v) is 1.73. The van der Waals surface area contributed by atoms with Crippen LogP contribution in [0.5, 0.6) is 0 Å². The van der Waals surface area contributed by atoms with E-state index >= 15 is 0 Å². The molecule has 0 bridgehead atoms. The Bertz CT molecular complexity index is 400. The summed E-state index contributed by atoms with van der Waals surface area (Å²) < 4.78 is 25.3. The van der Waals surface area contributed by atoms with Gasteiger partial charge in [0, 0.05) is 12.7 Å². The van der Waals surface area contributed by atoms with Crippen LogP contribution in [-0.4, -0.2) is 9.91 Å². The molecule has 0 fully saturated rings. The molecule has 0 amide bonds. The predicted octanol–water partition coefficient (Wildman–Crippen LogP) is 1.99. The Morgan fingerprint density at radius 1 is 1.67 bits per heavy atom. The zero-order valence-corrected chi connectivity index (χ0v) is 9.44. The van der Waals surface area contributed by atoms with Crippen LogP contribution in [0.1, 0.15) is 17.7 Å². The molecule has 8 heteroatoms. The second kappa shape index (κ2) is 4.75. The fraction of sp³-hybridized carbons (Fsp3) is 0.286. The number of aromatic nitrogens is 1. The molecule has 82 valence electrons. The third kappa shape index (κ3) is 2.37. The SMILES string of the molecule is NCc1ncc(I)c([N+](=O)[O-])c1C(F)F. The van der Waals surface area contributed by atoms with E-state index in [4.69, 9.17) is 5.73 Å². The number of halogens is 3. The smallest absolute Gasteiger partial charge is 0.295 e. The van der Waals surface area contributed by atoms with E-state index in [9.17, 15) is 18.9 Å². The van der Waals surface area contributed by atoms with Crippen molar-refractivity contribution < 1.29 is 13.7 Å². The van der Waals surface area contributed by atoms with Crippen molar-refractivity contribution >= 4 is 28.3 Å². The van der Waals surface area contributed by atoms with Crippen LogP contribution in [0.3, 0.4) is 0 Å². The molecule has 1 heterocycles. The van der Waals surface area contributed by atoms with Crippen molar-refractivity contribution in [3.63, 3.8) is 0 Å². The van der Waals surface area contributed by atoms with Crippen molar-refractivity contribution in [2.75, 3.05) is 0 Å². The third-order valence-electron chi connectivity index (χ3n) is 1.72. The van der Waals surface area contributed by atoms with E-state index in [-0.39, 0.29) is 15.8 Å². The number of rotatable bonds is 3. The molecule has 0 radical (unpaired) electrons. The molecule has 0 aliphatic carbocycles. The van der Waals surface area contributed by atoms with E-state index in [1.807, 2.05) is 0 Å². The summed E-state index contributed by atoms with van der Waals surface area (Å²) in [6.07, 6.45) is -1.79. The maximum absolute atomic E-state index is 12.6. The normalized spacial score (nSPS) is 10.7. The second-order valence-corrected chi connectivity index (χ2v) is 3.74. The topological polar surface area (TPSA) is 82.0 Å². The Labute approximate surface area is 97.0 Å². The molecule has 1 rings (SSSR count). The maximum atomic E-state index is 12.6. The van der Waals surface area contributed by atoms with Gasteiger partial charge in [0.1, 0.15) is 9.13 Å². The minimum absolute atomic E-state index is 0.0742. The van der Waals surface area contributed by atoms with Crippen LogP contribution in [0, 0.1) is 13.7 Å². The lowest BCUT2D eigenvalue weighted by atomic mass is 10.1. The Hall–Kier alpha value is -0.900. The highest BCUT2D eigenvalue weighted by Gasteiger charge is 2.28. The molecule has 0 saturated carbocycles. The lowest BCUT2D eigenvalue weighted by Gasteiger charge is -2.07. The average molecular weight is 329 g/mol. The Morgan fingerprint density at radius 2 is 2.27 bits per heavy atom. The lowest BCUT2D eigenvalue weighted by Crippen LogP contribution is -2.09. The maximum Gasteiger partial charge on any atom is 0.295 e. The van der Waals surface area contributed by atoms with E-state index < -0.39 is 22.6 Å². The van der Waals surface area contributed by atoms with Crippen LogP contribution in [0.15, 0.2) is 6.20 Å². The highest BCUT2D eigenvalue weighted by atomic mass is 127. The summed E-state index contributed by atoms with van der Waals surface area (Å²) in [5.41, 5.74) is 3.75. The molecule has 15 heavy (non-hydrogen) atoms. The van der Waals surface area contributed by atoms with Crippen LogP contribution < -0.4 is 5.73 Å². The standard InChI is InChI=1S/C7H6F2IN3O2/c8-7(9)5-4(1-11)12-2-3(10)6(5)13(14)15/h2,7H,1,11H2. The molecule has 0 aromatic carbocycles. The summed E-state index contributed by atoms with van der Waals surface area (Å²) in [5, 5.41) is 10.6. The minimum Gasteiger partial charge on any atom is -0.325 e. The third-order valence-corrected chi connectivity index (χ3v) is 2.51. The number of hydrogen-bond acceptors (Lipinski definition) is 4.